The van der Waals surface area contributed by atoms with Crippen LogP contribution in [0.5, 0.6) is 0 Å². The number of anilines is 1. The van der Waals surface area contributed by atoms with Crippen molar-refractivity contribution in [1.82, 2.24) is 5.32 Å². The Morgan fingerprint density at radius 1 is 1.00 bits per heavy atom. The van der Waals surface area contributed by atoms with Gasteiger partial charge in [0.2, 0.25) is 0 Å². The predicted molar refractivity (Wildman–Crippen MR) is 139 cm³/mol. The topological polar surface area (TPSA) is 110 Å². The molecule has 0 atom stereocenters. The number of fused-ring (bicyclic) bond motifs is 1. The van der Waals surface area contributed by atoms with Crippen molar-refractivity contribution in [2.45, 2.75) is 24.7 Å². The number of sulfonamides is 1. The van der Waals surface area contributed by atoms with Gasteiger partial charge in [0, 0.05) is 15.6 Å². The van der Waals surface area contributed by atoms with Gasteiger partial charge < -0.3 is 14.8 Å². The fourth-order valence-electron chi connectivity index (χ4n) is 3.38. The molecule has 0 aliphatic rings. The zero-order chi connectivity index (χ0) is 26.3. The number of hydrogen-bond acceptors (Lipinski definition) is 6. The van der Waals surface area contributed by atoms with Gasteiger partial charge in [-0.15, -0.1) is 0 Å². The summed E-state index contributed by atoms with van der Waals surface area (Å²) in [4.78, 5) is 35.0. The third-order valence-corrected chi connectivity index (χ3v) is 7.37. The molecule has 0 radical (unpaired) electrons. The van der Waals surface area contributed by atoms with Crippen LogP contribution in [0.25, 0.3) is 10.8 Å². The van der Waals surface area contributed by atoms with E-state index in [1.54, 1.807) is 30.3 Å². The van der Waals surface area contributed by atoms with Crippen molar-refractivity contribution < 1.29 is 27.5 Å². The maximum atomic E-state index is 13.6. The van der Waals surface area contributed by atoms with E-state index < -0.39 is 28.4 Å². The number of nitrogens with zero attached hydrogens (tertiary/aromatic N) is 1. The van der Waals surface area contributed by atoms with Gasteiger partial charge in [-0.3, -0.25) is 13.9 Å². The van der Waals surface area contributed by atoms with Gasteiger partial charge in [-0.2, -0.15) is 0 Å². The number of rotatable bonds is 11. The van der Waals surface area contributed by atoms with E-state index in [-0.39, 0.29) is 33.8 Å². The van der Waals surface area contributed by atoms with Crippen molar-refractivity contribution in [3.63, 3.8) is 0 Å². The zero-order valence-electron chi connectivity index (χ0n) is 19.4. The summed E-state index contributed by atoms with van der Waals surface area (Å²) in [5.41, 5.74) is 0.554. The molecule has 0 unspecified atom stereocenters. The van der Waals surface area contributed by atoms with E-state index in [4.69, 9.17) is 27.9 Å². The summed E-state index contributed by atoms with van der Waals surface area (Å²) >= 11 is 12.1. The van der Waals surface area contributed by atoms with Crippen LogP contribution in [0.15, 0.2) is 59.5 Å². The molecule has 0 fully saturated rings. The Balaban J connectivity index is 2.02. The lowest BCUT2D eigenvalue weighted by Gasteiger charge is -2.24. The van der Waals surface area contributed by atoms with Crippen LogP contribution in [-0.2, 0) is 24.3 Å². The van der Waals surface area contributed by atoms with Crippen LogP contribution in [0.4, 0.5) is 5.69 Å². The number of nitrogens with one attached hydrogen (secondary N) is 1. The third kappa shape index (κ3) is 6.75. The predicted octanol–water partition coefficient (Wildman–Crippen LogP) is 4.61. The number of carbonyl (C=O) groups is 3. The first-order chi connectivity index (χ1) is 17.1. The van der Waals surface area contributed by atoms with Crippen LogP contribution in [-0.4, -0.2) is 46.3 Å². The minimum absolute atomic E-state index is 0.107. The Morgan fingerprint density at radius 2 is 1.67 bits per heavy atom. The summed E-state index contributed by atoms with van der Waals surface area (Å²) in [6.07, 6.45) is 2.05. The fourth-order valence-corrected chi connectivity index (χ4v) is 5.51. The minimum Gasteiger partial charge on any atom is -0.464 e. The van der Waals surface area contributed by atoms with Crippen molar-refractivity contribution in [2.75, 3.05) is 24.0 Å². The molecule has 0 saturated carbocycles. The van der Waals surface area contributed by atoms with Crippen molar-refractivity contribution in [1.29, 1.82) is 0 Å². The van der Waals surface area contributed by atoms with Gasteiger partial charge in [-0.1, -0.05) is 48.7 Å². The zero-order valence-corrected chi connectivity index (χ0v) is 21.7. The Morgan fingerprint density at radius 3 is 2.33 bits per heavy atom. The molecule has 0 spiro atoms. The van der Waals surface area contributed by atoms with E-state index in [1.807, 2.05) is 6.92 Å². The molecule has 1 N–H and O–H groups in total. The maximum absolute atomic E-state index is 13.6. The second-order valence-corrected chi connectivity index (χ2v) is 10.5. The Labute approximate surface area is 219 Å². The molecule has 3 rings (SSSR count). The summed E-state index contributed by atoms with van der Waals surface area (Å²) in [6, 6.07) is 13.5. The fraction of sp³-hybridized carbons (Fsp3) is 0.240. The Hall–Kier alpha value is -3.14. The third-order valence-electron chi connectivity index (χ3n) is 5.18. The molecule has 0 aliphatic heterocycles. The maximum Gasteiger partial charge on any atom is 0.326 e. The number of hydrogen-bond donors (Lipinski definition) is 1. The SMILES string of the molecule is CCCCOC(=O)CN(c1ccc2cc(C(=O)NCC=O)ccc2c1)S(=O)(=O)c1cc(Cl)cc(Cl)c1. The molecule has 3 aromatic carbocycles. The quantitative estimate of drug-likeness (QED) is 0.212. The number of esters is 1. The highest BCUT2D eigenvalue weighted by molar-refractivity contribution is 7.92. The van der Waals surface area contributed by atoms with E-state index in [1.165, 1.54) is 24.3 Å². The van der Waals surface area contributed by atoms with Gasteiger partial charge in [0.25, 0.3) is 15.9 Å². The van der Waals surface area contributed by atoms with Crippen LogP contribution in [0, 0.1) is 0 Å². The molecule has 0 saturated heterocycles. The molecule has 11 heteroatoms. The number of amides is 1. The van der Waals surface area contributed by atoms with Gasteiger partial charge in [-0.05, 0) is 59.7 Å². The van der Waals surface area contributed by atoms with Crippen LogP contribution >= 0.6 is 23.2 Å². The molecule has 0 aliphatic carbocycles. The molecule has 0 heterocycles. The van der Waals surface area contributed by atoms with Gasteiger partial charge in [0.1, 0.15) is 12.8 Å². The molecule has 3 aromatic rings. The van der Waals surface area contributed by atoms with E-state index in [0.29, 0.717) is 29.0 Å². The molecule has 0 bridgehead atoms. The highest BCUT2D eigenvalue weighted by Gasteiger charge is 2.29. The Kier molecular flexibility index (Phi) is 9.31. The second kappa shape index (κ2) is 12.2. The van der Waals surface area contributed by atoms with Crippen molar-refractivity contribution in [2.24, 2.45) is 0 Å². The van der Waals surface area contributed by atoms with Gasteiger partial charge in [-0.25, -0.2) is 8.42 Å². The van der Waals surface area contributed by atoms with Crippen molar-refractivity contribution >= 4 is 67.8 Å². The van der Waals surface area contributed by atoms with Gasteiger partial charge >= 0.3 is 5.97 Å². The lowest BCUT2D eigenvalue weighted by Crippen LogP contribution is -2.36. The summed E-state index contributed by atoms with van der Waals surface area (Å²) < 4.78 is 33.4. The normalized spacial score (nSPS) is 11.2. The number of aldehydes is 1. The highest BCUT2D eigenvalue weighted by Crippen LogP contribution is 2.30. The van der Waals surface area contributed by atoms with E-state index in [0.717, 1.165) is 10.7 Å². The number of ether oxygens (including phenoxy) is 1. The molecular formula is C25H24Cl2N2O6S. The second-order valence-electron chi connectivity index (χ2n) is 7.81. The minimum atomic E-state index is -4.26. The first kappa shape index (κ1) is 27.4. The smallest absolute Gasteiger partial charge is 0.326 e. The standard InChI is InChI=1S/C25H24Cl2N2O6S/c1-2-3-10-35-24(31)16-29(36(33,34)23-14-20(26)13-21(27)15-23)22-7-6-17-11-19(5-4-18(17)12-22)25(32)28-8-9-30/h4-7,9,11-15H,2-3,8,10,16H2,1H3,(H,28,32). The number of benzene rings is 3. The molecular weight excluding hydrogens is 527 g/mol. The monoisotopic (exact) mass is 550 g/mol. The highest BCUT2D eigenvalue weighted by atomic mass is 35.5. The summed E-state index contributed by atoms with van der Waals surface area (Å²) in [5, 5.41) is 4.01. The van der Waals surface area contributed by atoms with Gasteiger partial charge in [0.05, 0.1) is 23.7 Å². The molecule has 190 valence electrons. The van der Waals surface area contributed by atoms with Crippen LogP contribution in [0.3, 0.4) is 0 Å². The van der Waals surface area contributed by atoms with Crippen LogP contribution in [0.2, 0.25) is 10.0 Å². The number of carbonyl (C=O) groups excluding carboxylic acids is 3. The Bertz CT molecular complexity index is 1370. The van der Waals surface area contributed by atoms with E-state index >= 15 is 0 Å². The van der Waals surface area contributed by atoms with Crippen molar-refractivity contribution in [3.8, 4) is 0 Å². The first-order valence-electron chi connectivity index (χ1n) is 11.1. The lowest BCUT2D eigenvalue weighted by atomic mass is 10.1. The van der Waals surface area contributed by atoms with E-state index in [2.05, 4.69) is 5.32 Å². The number of halogens is 2. The van der Waals surface area contributed by atoms with Gasteiger partial charge in [0.15, 0.2) is 0 Å². The molecule has 36 heavy (non-hydrogen) atoms. The lowest BCUT2D eigenvalue weighted by molar-refractivity contribution is -0.141. The van der Waals surface area contributed by atoms with Crippen molar-refractivity contribution in [3.05, 3.63) is 70.2 Å². The average Bonchev–Trinajstić information content (AvgIpc) is 2.84. The summed E-state index contributed by atoms with van der Waals surface area (Å²) in [7, 11) is -4.26. The summed E-state index contributed by atoms with van der Waals surface area (Å²) in [6.45, 7) is 1.46. The largest absolute Gasteiger partial charge is 0.464 e. The first-order valence-corrected chi connectivity index (χ1v) is 13.3. The summed E-state index contributed by atoms with van der Waals surface area (Å²) in [5.74, 6) is -1.12. The number of unbranched alkanes of at least 4 members (excludes halogenated alkanes) is 1. The molecule has 8 nitrogen and oxygen atoms in total. The average molecular weight is 551 g/mol. The van der Waals surface area contributed by atoms with Crippen LogP contribution in [0.1, 0.15) is 30.1 Å². The van der Waals surface area contributed by atoms with Crippen LogP contribution < -0.4 is 9.62 Å². The van der Waals surface area contributed by atoms with E-state index in [9.17, 15) is 22.8 Å². The molecule has 0 aromatic heterocycles. The molecule has 1 amide bonds.